The first-order chi connectivity index (χ1) is 8.29. The third-order valence-electron chi connectivity index (χ3n) is 3.19. The molecule has 0 amide bonds. The van der Waals surface area contributed by atoms with Crippen LogP contribution in [0.15, 0.2) is 18.3 Å². The number of hydrogen-bond acceptors (Lipinski definition) is 4. The minimum atomic E-state index is -0.00573. The number of rotatable bonds is 4. The Balaban J connectivity index is 1.95. The highest BCUT2D eigenvalue weighted by Gasteiger charge is 2.16. The standard InChI is InChI=1S/C13H20N2O2/c1-15(8-11-3-2-6-17-10-11)13-4-5-14-12(7-13)9-16/h4-5,7,11,16H,2-3,6,8-10H2,1H3. The third-order valence-corrected chi connectivity index (χ3v) is 3.19. The van der Waals surface area contributed by atoms with Gasteiger partial charge in [0.25, 0.3) is 0 Å². The molecule has 1 atom stereocenters. The zero-order valence-electron chi connectivity index (χ0n) is 10.3. The summed E-state index contributed by atoms with van der Waals surface area (Å²) in [5.41, 5.74) is 1.82. The van der Waals surface area contributed by atoms with Crippen LogP contribution in [0.25, 0.3) is 0 Å². The van der Waals surface area contributed by atoms with E-state index in [9.17, 15) is 0 Å². The number of anilines is 1. The third kappa shape index (κ3) is 3.41. The molecule has 1 aliphatic rings. The van der Waals surface area contributed by atoms with E-state index in [2.05, 4.69) is 16.9 Å². The Morgan fingerprint density at radius 3 is 3.18 bits per heavy atom. The first-order valence-electron chi connectivity index (χ1n) is 6.14. The first kappa shape index (κ1) is 12.3. The van der Waals surface area contributed by atoms with E-state index < -0.39 is 0 Å². The van der Waals surface area contributed by atoms with Crippen molar-refractivity contribution in [1.29, 1.82) is 0 Å². The minimum absolute atomic E-state index is 0.00573. The zero-order valence-corrected chi connectivity index (χ0v) is 10.3. The van der Waals surface area contributed by atoms with Crippen molar-refractivity contribution in [3.8, 4) is 0 Å². The van der Waals surface area contributed by atoms with Gasteiger partial charge < -0.3 is 14.7 Å². The van der Waals surface area contributed by atoms with Gasteiger partial charge in [-0.2, -0.15) is 0 Å². The van der Waals surface area contributed by atoms with Crippen molar-refractivity contribution in [2.24, 2.45) is 5.92 Å². The maximum atomic E-state index is 9.06. The molecule has 1 N–H and O–H groups in total. The number of aliphatic hydroxyl groups excluding tert-OH is 1. The van der Waals surface area contributed by atoms with Crippen LogP contribution in [0.2, 0.25) is 0 Å². The molecular weight excluding hydrogens is 216 g/mol. The Bertz CT molecular complexity index is 351. The minimum Gasteiger partial charge on any atom is -0.390 e. The summed E-state index contributed by atoms with van der Waals surface area (Å²) in [6.07, 6.45) is 4.15. The summed E-state index contributed by atoms with van der Waals surface area (Å²) in [6, 6.07) is 3.91. The van der Waals surface area contributed by atoms with Gasteiger partial charge in [-0.15, -0.1) is 0 Å². The highest BCUT2D eigenvalue weighted by molar-refractivity contribution is 5.45. The molecule has 1 aliphatic heterocycles. The van der Waals surface area contributed by atoms with Gasteiger partial charge in [-0.3, -0.25) is 4.98 Å². The molecule has 0 aliphatic carbocycles. The van der Waals surface area contributed by atoms with Gasteiger partial charge >= 0.3 is 0 Å². The van der Waals surface area contributed by atoms with Gasteiger partial charge in [0.1, 0.15) is 0 Å². The molecule has 1 fully saturated rings. The fraction of sp³-hybridized carbons (Fsp3) is 0.615. The van der Waals surface area contributed by atoms with E-state index in [1.807, 2.05) is 12.1 Å². The summed E-state index contributed by atoms with van der Waals surface area (Å²) in [5, 5.41) is 9.06. The Kier molecular flexibility index (Phi) is 4.34. The molecule has 1 aromatic heterocycles. The topological polar surface area (TPSA) is 45.6 Å². The lowest BCUT2D eigenvalue weighted by atomic mass is 10.0. The van der Waals surface area contributed by atoms with Crippen LogP contribution < -0.4 is 4.90 Å². The molecule has 0 saturated carbocycles. The molecule has 1 saturated heterocycles. The molecular formula is C13H20N2O2. The van der Waals surface area contributed by atoms with Gasteiger partial charge in [0.2, 0.25) is 0 Å². The van der Waals surface area contributed by atoms with Crippen molar-refractivity contribution in [3.05, 3.63) is 24.0 Å². The summed E-state index contributed by atoms with van der Waals surface area (Å²) < 4.78 is 5.48. The van der Waals surface area contributed by atoms with Gasteiger partial charge in [0.05, 0.1) is 18.9 Å². The van der Waals surface area contributed by atoms with Gasteiger partial charge in [-0.1, -0.05) is 0 Å². The van der Waals surface area contributed by atoms with E-state index in [1.54, 1.807) is 6.20 Å². The second kappa shape index (κ2) is 5.98. The number of nitrogens with zero attached hydrogens (tertiary/aromatic N) is 2. The second-order valence-electron chi connectivity index (χ2n) is 4.63. The van der Waals surface area contributed by atoms with Crippen LogP contribution in [0.1, 0.15) is 18.5 Å². The Morgan fingerprint density at radius 1 is 1.59 bits per heavy atom. The Morgan fingerprint density at radius 2 is 2.47 bits per heavy atom. The maximum Gasteiger partial charge on any atom is 0.0853 e. The predicted molar refractivity (Wildman–Crippen MR) is 67.0 cm³/mol. The number of hydrogen-bond donors (Lipinski definition) is 1. The van der Waals surface area contributed by atoms with Crippen molar-refractivity contribution >= 4 is 5.69 Å². The van der Waals surface area contributed by atoms with Crippen molar-refractivity contribution in [1.82, 2.24) is 4.98 Å². The largest absolute Gasteiger partial charge is 0.390 e. The van der Waals surface area contributed by atoms with Crippen LogP contribution in [0.4, 0.5) is 5.69 Å². The Hall–Kier alpha value is -1.13. The fourth-order valence-corrected chi connectivity index (χ4v) is 2.23. The molecule has 0 bridgehead atoms. The van der Waals surface area contributed by atoms with Crippen LogP contribution in [-0.2, 0) is 11.3 Å². The highest BCUT2D eigenvalue weighted by atomic mass is 16.5. The molecule has 94 valence electrons. The summed E-state index contributed by atoms with van der Waals surface area (Å²) in [4.78, 5) is 6.29. The fourth-order valence-electron chi connectivity index (χ4n) is 2.23. The van der Waals surface area contributed by atoms with Crippen molar-refractivity contribution < 1.29 is 9.84 Å². The Labute approximate surface area is 102 Å². The van der Waals surface area contributed by atoms with E-state index >= 15 is 0 Å². The SMILES string of the molecule is CN(CC1CCCOC1)c1ccnc(CO)c1. The lowest BCUT2D eigenvalue weighted by Crippen LogP contribution is -2.30. The van der Waals surface area contributed by atoms with E-state index in [0.29, 0.717) is 11.6 Å². The van der Waals surface area contributed by atoms with E-state index in [1.165, 1.54) is 6.42 Å². The van der Waals surface area contributed by atoms with Crippen LogP contribution in [0.3, 0.4) is 0 Å². The summed E-state index contributed by atoms with van der Waals surface area (Å²) >= 11 is 0. The number of pyridine rings is 1. The number of aromatic nitrogens is 1. The average molecular weight is 236 g/mol. The normalized spacial score (nSPS) is 20.2. The van der Waals surface area contributed by atoms with Gasteiger partial charge in [0.15, 0.2) is 0 Å². The smallest absolute Gasteiger partial charge is 0.0853 e. The van der Waals surface area contributed by atoms with E-state index in [0.717, 1.165) is 31.9 Å². The van der Waals surface area contributed by atoms with Crippen molar-refractivity contribution in [3.63, 3.8) is 0 Å². The molecule has 1 aromatic rings. The van der Waals surface area contributed by atoms with Crippen LogP contribution in [0.5, 0.6) is 0 Å². The molecule has 1 unspecified atom stereocenters. The first-order valence-corrected chi connectivity index (χ1v) is 6.14. The molecule has 17 heavy (non-hydrogen) atoms. The van der Waals surface area contributed by atoms with Crippen LogP contribution >= 0.6 is 0 Å². The summed E-state index contributed by atoms with van der Waals surface area (Å²) in [6.45, 7) is 2.76. The quantitative estimate of drug-likeness (QED) is 0.859. The average Bonchev–Trinajstić information content (AvgIpc) is 2.40. The molecule has 0 spiro atoms. The van der Waals surface area contributed by atoms with Crippen LogP contribution in [-0.4, -0.2) is 36.9 Å². The molecule has 4 heteroatoms. The van der Waals surface area contributed by atoms with Crippen molar-refractivity contribution in [2.45, 2.75) is 19.4 Å². The number of aliphatic hydroxyl groups is 1. The second-order valence-corrected chi connectivity index (χ2v) is 4.63. The number of ether oxygens (including phenoxy) is 1. The molecule has 2 heterocycles. The molecule has 0 aromatic carbocycles. The molecule has 2 rings (SSSR count). The van der Waals surface area contributed by atoms with Gasteiger partial charge in [0, 0.05) is 32.1 Å². The van der Waals surface area contributed by atoms with Crippen LogP contribution in [0, 0.1) is 5.92 Å². The lowest BCUT2D eigenvalue weighted by Gasteiger charge is -2.28. The van der Waals surface area contributed by atoms with Gasteiger partial charge in [-0.05, 0) is 30.9 Å². The summed E-state index contributed by atoms with van der Waals surface area (Å²) in [7, 11) is 2.07. The highest BCUT2D eigenvalue weighted by Crippen LogP contribution is 2.19. The lowest BCUT2D eigenvalue weighted by molar-refractivity contribution is 0.0576. The van der Waals surface area contributed by atoms with Gasteiger partial charge in [-0.25, -0.2) is 0 Å². The van der Waals surface area contributed by atoms with E-state index in [4.69, 9.17) is 9.84 Å². The maximum absolute atomic E-state index is 9.06. The van der Waals surface area contributed by atoms with Crippen molar-refractivity contribution in [2.75, 3.05) is 31.7 Å². The molecule has 0 radical (unpaired) electrons. The predicted octanol–water partition coefficient (Wildman–Crippen LogP) is 1.44. The molecule has 4 nitrogen and oxygen atoms in total. The monoisotopic (exact) mass is 236 g/mol. The van der Waals surface area contributed by atoms with E-state index in [-0.39, 0.29) is 6.61 Å². The zero-order chi connectivity index (χ0) is 12.1. The summed E-state index contributed by atoms with van der Waals surface area (Å²) in [5.74, 6) is 0.611.